The second kappa shape index (κ2) is 8.18. The van der Waals surface area contributed by atoms with Crippen LogP contribution in [0.15, 0.2) is 22.8 Å². The van der Waals surface area contributed by atoms with Crippen LogP contribution in [0.3, 0.4) is 0 Å². The third-order valence-electron chi connectivity index (χ3n) is 2.45. The summed E-state index contributed by atoms with van der Waals surface area (Å²) < 4.78 is 4.94. The van der Waals surface area contributed by atoms with Crippen LogP contribution >= 0.6 is 0 Å². The van der Waals surface area contributed by atoms with Gasteiger partial charge in [0, 0.05) is 19.6 Å². The summed E-state index contributed by atoms with van der Waals surface area (Å²) in [6.07, 6.45) is 2.39. The molecule has 0 aromatic carbocycles. The first kappa shape index (κ1) is 15.1. The Labute approximate surface area is 112 Å². The minimum absolute atomic E-state index is 0.215. The molecule has 0 aliphatic rings. The molecular weight excluding hydrogens is 246 g/mol. The number of furan rings is 1. The lowest BCUT2D eigenvalue weighted by Crippen LogP contribution is -2.40. The van der Waals surface area contributed by atoms with Gasteiger partial charge < -0.3 is 20.4 Å². The zero-order chi connectivity index (χ0) is 14.1. The fourth-order valence-electron chi connectivity index (χ4n) is 1.38. The predicted octanol–water partition coefficient (Wildman–Crippen LogP) is 1.35. The van der Waals surface area contributed by atoms with Crippen molar-refractivity contribution in [2.45, 2.75) is 20.3 Å². The summed E-state index contributed by atoms with van der Waals surface area (Å²) in [6.45, 7) is 5.59. The maximum absolute atomic E-state index is 11.5. The molecule has 0 aliphatic heterocycles. The molecule has 0 saturated heterocycles. The molecule has 106 valence electrons. The van der Waals surface area contributed by atoms with E-state index in [0.717, 1.165) is 6.42 Å². The molecule has 0 fully saturated rings. The van der Waals surface area contributed by atoms with Gasteiger partial charge in [-0.3, -0.25) is 4.79 Å². The monoisotopic (exact) mass is 267 g/mol. The fourth-order valence-corrected chi connectivity index (χ4v) is 1.38. The Balaban J connectivity index is 2.04. The molecule has 3 N–H and O–H groups in total. The van der Waals surface area contributed by atoms with E-state index in [-0.39, 0.29) is 17.7 Å². The third kappa shape index (κ3) is 6.49. The molecule has 0 radical (unpaired) electrons. The molecule has 6 heteroatoms. The molecule has 3 amide bonds. The van der Waals surface area contributed by atoms with Gasteiger partial charge in [-0.1, -0.05) is 13.8 Å². The minimum atomic E-state index is -0.285. The highest BCUT2D eigenvalue weighted by atomic mass is 16.3. The largest absolute Gasteiger partial charge is 0.459 e. The van der Waals surface area contributed by atoms with Crippen molar-refractivity contribution in [1.29, 1.82) is 0 Å². The first-order chi connectivity index (χ1) is 9.09. The average molecular weight is 267 g/mol. The Bertz CT molecular complexity index is 388. The van der Waals surface area contributed by atoms with Crippen LogP contribution in [-0.2, 0) is 0 Å². The van der Waals surface area contributed by atoms with Crippen LogP contribution < -0.4 is 16.0 Å². The zero-order valence-corrected chi connectivity index (χ0v) is 11.4. The van der Waals surface area contributed by atoms with Crippen LogP contribution in [0.4, 0.5) is 4.79 Å². The first-order valence-corrected chi connectivity index (χ1v) is 6.43. The number of rotatable bonds is 7. The Hall–Kier alpha value is -1.98. The highest BCUT2D eigenvalue weighted by Crippen LogP contribution is 1.98. The summed E-state index contributed by atoms with van der Waals surface area (Å²) in [4.78, 5) is 22.8. The SMILES string of the molecule is CC(C)CCNC(=O)NCCNC(=O)c1ccco1. The first-order valence-electron chi connectivity index (χ1n) is 6.43. The van der Waals surface area contributed by atoms with Crippen LogP contribution in [-0.4, -0.2) is 31.6 Å². The normalized spacial score (nSPS) is 10.3. The summed E-state index contributed by atoms with van der Waals surface area (Å²) in [5.74, 6) is 0.543. The van der Waals surface area contributed by atoms with Gasteiger partial charge >= 0.3 is 6.03 Å². The van der Waals surface area contributed by atoms with Crippen LogP contribution in [0.2, 0.25) is 0 Å². The van der Waals surface area contributed by atoms with Crippen molar-refractivity contribution in [3.05, 3.63) is 24.2 Å². The molecular formula is C13H21N3O3. The van der Waals surface area contributed by atoms with Crippen LogP contribution in [0.5, 0.6) is 0 Å². The number of urea groups is 1. The van der Waals surface area contributed by atoms with E-state index in [1.54, 1.807) is 12.1 Å². The van der Waals surface area contributed by atoms with E-state index in [4.69, 9.17) is 4.42 Å². The van der Waals surface area contributed by atoms with Crippen molar-refractivity contribution in [1.82, 2.24) is 16.0 Å². The number of hydrogen-bond donors (Lipinski definition) is 3. The quantitative estimate of drug-likeness (QED) is 0.652. The Kier molecular flexibility index (Phi) is 6.49. The van der Waals surface area contributed by atoms with Crippen molar-refractivity contribution in [2.75, 3.05) is 19.6 Å². The number of carbonyl (C=O) groups is 2. The molecule has 0 atom stereocenters. The van der Waals surface area contributed by atoms with E-state index in [0.29, 0.717) is 25.6 Å². The van der Waals surface area contributed by atoms with Crippen LogP contribution in [0.25, 0.3) is 0 Å². The van der Waals surface area contributed by atoms with E-state index in [9.17, 15) is 9.59 Å². The summed E-state index contributed by atoms with van der Waals surface area (Å²) in [6, 6.07) is 3.02. The molecule has 19 heavy (non-hydrogen) atoms. The van der Waals surface area contributed by atoms with Gasteiger partial charge in [0.1, 0.15) is 0 Å². The maximum Gasteiger partial charge on any atom is 0.314 e. The number of amides is 3. The smallest absolute Gasteiger partial charge is 0.314 e. The van der Waals surface area contributed by atoms with Gasteiger partial charge in [0.2, 0.25) is 0 Å². The molecule has 0 unspecified atom stereocenters. The molecule has 0 spiro atoms. The number of hydrogen-bond acceptors (Lipinski definition) is 3. The Morgan fingerprint density at radius 2 is 1.84 bits per heavy atom. The van der Waals surface area contributed by atoms with Crippen molar-refractivity contribution in [2.24, 2.45) is 5.92 Å². The van der Waals surface area contributed by atoms with Crippen molar-refractivity contribution in [3.8, 4) is 0 Å². The molecule has 1 aromatic heterocycles. The van der Waals surface area contributed by atoms with Gasteiger partial charge in [-0.15, -0.1) is 0 Å². The molecule has 1 heterocycles. The number of nitrogens with one attached hydrogen (secondary N) is 3. The van der Waals surface area contributed by atoms with E-state index >= 15 is 0 Å². The lowest BCUT2D eigenvalue weighted by atomic mass is 10.1. The van der Waals surface area contributed by atoms with Crippen molar-refractivity contribution >= 4 is 11.9 Å². The van der Waals surface area contributed by atoms with E-state index in [2.05, 4.69) is 29.8 Å². The fraction of sp³-hybridized carbons (Fsp3) is 0.538. The maximum atomic E-state index is 11.5. The molecule has 0 aliphatic carbocycles. The third-order valence-corrected chi connectivity index (χ3v) is 2.45. The lowest BCUT2D eigenvalue weighted by Gasteiger charge is -2.09. The topological polar surface area (TPSA) is 83.4 Å². The second-order valence-corrected chi connectivity index (χ2v) is 4.60. The van der Waals surface area contributed by atoms with Gasteiger partial charge in [0.05, 0.1) is 6.26 Å². The van der Waals surface area contributed by atoms with Gasteiger partial charge in [-0.2, -0.15) is 0 Å². The zero-order valence-electron chi connectivity index (χ0n) is 11.4. The molecule has 0 bridgehead atoms. The summed E-state index contributed by atoms with van der Waals surface area (Å²) in [5.41, 5.74) is 0. The summed E-state index contributed by atoms with van der Waals surface area (Å²) in [5, 5.41) is 8.05. The van der Waals surface area contributed by atoms with E-state index < -0.39 is 0 Å². The van der Waals surface area contributed by atoms with E-state index in [1.165, 1.54) is 6.26 Å². The molecule has 0 saturated carbocycles. The second-order valence-electron chi connectivity index (χ2n) is 4.60. The highest BCUT2D eigenvalue weighted by molar-refractivity contribution is 5.91. The number of carbonyl (C=O) groups excluding carboxylic acids is 2. The Morgan fingerprint density at radius 3 is 2.47 bits per heavy atom. The van der Waals surface area contributed by atoms with Gasteiger partial charge in [0.25, 0.3) is 5.91 Å². The summed E-state index contributed by atoms with van der Waals surface area (Å²) in [7, 11) is 0. The standard InChI is InChI=1S/C13H21N3O3/c1-10(2)5-6-15-13(18)16-8-7-14-12(17)11-4-3-9-19-11/h3-4,9-10H,5-8H2,1-2H3,(H,14,17)(H2,15,16,18). The molecule has 6 nitrogen and oxygen atoms in total. The van der Waals surface area contributed by atoms with Crippen LogP contribution in [0, 0.1) is 5.92 Å². The van der Waals surface area contributed by atoms with Gasteiger partial charge in [0.15, 0.2) is 5.76 Å². The van der Waals surface area contributed by atoms with Gasteiger partial charge in [-0.05, 0) is 24.5 Å². The van der Waals surface area contributed by atoms with Crippen molar-refractivity contribution < 1.29 is 14.0 Å². The lowest BCUT2D eigenvalue weighted by molar-refractivity contribution is 0.0926. The van der Waals surface area contributed by atoms with Gasteiger partial charge in [-0.25, -0.2) is 4.79 Å². The predicted molar refractivity (Wildman–Crippen MR) is 71.9 cm³/mol. The van der Waals surface area contributed by atoms with Crippen LogP contribution in [0.1, 0.15) is 30.8 Å². The van der Waals surface area contributed by atoms with Crippen molar-refractivity contribution in [3.63, 3.8) is 0 Å². The minimum Gasteiger partial charge on any atom is -0.459 e. The highest BCUT2D eigenvalue weighted by Gasteiger charge is 2.07. The molecule has 1 aromatic rings. The average Bonchev–Trinajstić information content (AvgIpc) is 2.87. The summed E-state index contributed by atoms with van der Waals surface area (Å²) >= 11 is 0. The molecule has 1 rings (SSSR count). The van der Waals surface area contributed by atoms with E-state index in [1.807, 2.05) is 0 Å². The Morgan fingerprint density at radius 1 is 1.16 bits per heavy atom.